The minimum atomic E-state index is -3.61. The van der Waals surface area contributed by atoms with Gasteiger partial charge >= 0.3 is 0 Å². The van der Waals surface area contributed by atoms with E-state index < -0.39 is 15.3 Å². The summed E-state index contributed by atoms with van der Waals surface area (Å²) in [5.41, 5.74) is 0. The zero-order valence-electron chi connectivity index (χ0n) is 25.2. The summed E-state index contributed by atoms with van der Waals surface area (Å²) in [4.78, 5) is 0. The molecule has 0 N–H and O–H groups in total. The molecule has 0 saturated heterocycles. The lowest BCUT2D eigenvalue weighted by Gasteiger charge is -2.25. The molecule has 39 heavy (non-hydrogen) atoms. The van der Waals surface area contributed by atoms with Crippen molar-refractivity contribution < 1.29 is 8.42 Å². The number of hydrogen-bond acceptors (Lipinski definition) is 5. The van der Waals surface area contributed by atoms with Crippen LogP contribution in [0.2, 0.25) is 0 Å². The van der Waals surface area contributed by atoms with Gasteiger partial charge in [0.25, 0.3) is 0 Å². The average molecular weight is 563 g/mol. The molecule has 224 valence electrons. The van der Waals surface area contributed by atoms with Gasteiger partial charge in [-0.15, -0.1) is 0 Å². The Labute approximate surface area is 242 Å². The molecule has 0 fully saturated rings. The lowest BCUT2D eigenvalue weighted by molar-refractivity contribution is 0.378. The fraction of sp³-hybridized carbons (Fsp3) is 0.906. The van der Waals surface area contributed by atoms with Crippen molar-refractivity contribution >= 4 is 10.0 Å². The third-order valence-electron chi connectivity index (χ3n) is 7.58. The van der Waals surface area contributed by atoms with Crippen molar-refractivity contribution in [3.05, 3.63) is 0 Å². The maximum atomic E-state index is 13.5. The molecule has 0 amide bonds. The van der Waals surface area contributed by atoms with Crippen molar-refractivity contribution in [2.24, 2.45) is 0 Å². The van der Waals surface area contributed by atoms with Gasteiger partial charge in [-0.05, 0) is 32.1 Å². The molecule has 0 saturated carbocycles. The van der Waals surface area contributed by atoms with Gasteiger partial charge in [0.15, 0.2) is 5.25 Å². The fourth-order valence-corrected chi connectivity index (χ4v) is 6.77. The first kappa shape index (κ1) is 37.4. The van der Waals surface area contributed by atoms with Crippen molar-refractivity contribution in [3.63, 3.8) is 0 Å². The Bertz CT molecular complexity index is 745. The summed E-state index contributed by atoms with van der Waals surface area (Å²) < 4.78 is 28.6. The summed E-state index contributed by atoms with van der Waals surface area (Å²) in [6.07, 6.45) is 25.5. The van der Waals surface area contributed by atoms with Crippen LogP contribution < -0.4 is 0 Å². The van der Waals surface area contributed by atoms with Crippen LogP contribution in [0.15, 0.2) is 0 Å². The molecular weight excluding hydrogens is 504 g/mol. The van der Waals surface area contributed by atoms with Gasteiger partial charge < -0.3 is 0 Å². The van der Waals surface area contributed by atoms with Crippen LogP contribution in [0.4, 0.5) is 0 Å². The van der Waals surface area contributed by atoms with Gasteiger partial charge in [-0.1, -0.05) is 122 Å². The van der Waals surface area contributed by atoms with Gasteiger partial charge in [0, 0.05) is 25.9 Å². The summed E-state index contributed by atoms with van der Waals surface area (Å²) in [6.45, 7) is 3.24. The van der Waals surface area contributed by atoms with Crippen LogP contribution in [0.3, 0.4) is 0 Å². The second-order valence-electron chi connectivity index (χ2n) is 11.1. The van der Waals surface area contributed by atoms with Crippen LogP contribution in [0.1, 0.15) is 167 Å². The smallest absolute Gasteiger partial charge is 0.211 e. The summed E-state index contributed by atoms with van der Waals surface area (Å²) in [5, 5.41) is 26.1. The van der Waals surface area contributed by atoms with E-state index in [4.69, 9.17) is 10.5 Å². The Morgan fingerprint density at radius 2 is 0.897 bits per heavy atom. The highest BCUT2D eigenvalue weighted by Gasteiger charge is 2.31. The molecule has 0 radical (unpaired) electrons. The third kappa shape index (κ3) is 21.8. The highest BCUT2D eigenvalue weighted by molar-refractivity contribution is 7.90. The van der Waals surface area contributed by atoms with E-state index in [1.807, 2.05) is 0 Å². The van der Waals surface area contributed by atoms with Crippen molar-refractivity contribution in [2.45, 2.75) is 173 Å². The van der Waals surface area contributed by atoms with E-state index >= 15 is 0 Å². The summed E-state index contributed by atoms with van der Waals surface area (Å²) in [7, 11) is -3.61. The first-order valence-corrected chi connectivity index (χ1v) is 17.7. The van der Waals surface area contributed by atoms with Gasteiger partial charge in [-0.25, -0.2) is 12.7 Å². The standard InChI is InChI=1S/C32H58N4O2S/c1-2-3-4-5-16-21-26-32(31-35)39(37,38)36(29-24-19-14-10-6-8-12-17-22-27-33)30-25-20-15-11-7-9-13-18-23-28-34/h32H,2-26,29-30H2,1H3. The van der Waals surface area contributed by atoms with E-state index in [2.05, 4.69) is 25.1 Å². The monoisotopic (exact) mass is 562 g/mol. The lowest BCUT2D eigenvalue weighted by Crippen LogP contribution is -2.39. The summed E-state index contributed by atoms with van der Waals surface area (Å²) >= 11 is 0. The average Bonchev–Trinajstić information content (AvgIpc) is 2.93. The zero-order valence-corrected chi connectivity index (χ0v) is 26.0. The normalized spacial score (nSPS) is 12.2. The molecule has 0 aromatic heterocycles. The molecule has 0 aromatic rings. The quantitative estimate of drug-likeness (QED) is 0.0843. The van der Waals surface area contributed by atoms with Crippen molar-refractivity contribution in [1.29, 1.82) is 15.8 Å². The third-order valence-corrected chi connectivity index (χ3v) is 9.72. The second-order valence-corrected chi connectivity index (χ2v) is 13.2. The van der Waals surface area contributed by atoms with E-state index in [9.17, 15) is 13.7 Å². The molecule has 0 aromatic carbocycles. The van der Waals surface area contributed by atoms with Crippen LogP contribution in [-0.2, 0) is 10.0 Å². The number of rotatable bonds is 29. The SMILES string of the molecule is CCCCCCCCC(C#N)S(=O)(=O)N(CCCCCCCCCCC#N)CCCCCCCCCCC#N. The number of nitrogens with zero attached hydrogens (tertiary/aromatic N) is 4. The molecule has 0 bridgehead atoms. The van der Waals surface area contributed by atoms with E-state index in [0.717, 1.165) is 96.3 Å². The van der Waals surface area contributed by atoms with E-state index in [1.54, 1.807) is 4.31 Å². The van der Waals surface area contributed by atoms with Gasteiger partial charge in [0.1, 0.15) is 0 Å². The zero-order chi connectivity index (χ0) is 28.9. The van der Waals surface area contributed by atoms with Crippen molar-refractivity contribution in [2.75, 3.05) is 13.1 Å². The van der Waals surface area contributed by atoms with E-state index in [1.165, 1.54) is 44.9 Å². The largest absolute Gasteiger partial charge is 0.230 e. The molecule has 0 spiro atoms. The number of unbranched alkanes of at least 4 members (excludes halogenated alkanes) is 21. The highest BCUT2D eigenvalue weighted by Crippen LogP contribution is 2.20. The minimum absolute atomic E-state index is 0.444. The van der Waals surface area contributed by atoms with Gasteiger partial charge in [0.2, 0.25) is 10.0 Å². The second kappa shape index (κ2) is 27.9. The molecule has 0 rings (SSSR count). The molecule has 1 unspecified atom stereocenters. The Morgan fingerprint density at radius 3 is 1.28 bits per heavy atom. The fourth-order valence-electron chi connectivity index (χ4n) is 5.04. The van der Waals surface area contributed by atoms with Crippen LogP contribution in [-0.4, -0.2) is 31.1 Å². The van der Waals surface area contributed by atoms with Crippen molar-refractivity contribution in [3.8, 4) is 18.2 Å². The molecule has 0 heterocycles. The highest BCUT2D eigenvalue weighted by atomic mass is 32.2. The molecule has 0 aliphatic rings. The summed E-state index contributed by atoms with van der Waals surface area (Å²) in [5.74, 6) is 0. The molecule has 0 aliphatic heterocycles. The number of hydrogen-bond donors (Lipinski definition) is 0. The van der Waals surface area contributed by atoms with E-state index in [-0.39, 0.29) is 0 Å². The predicted octanol–water partition coefficient (Wildman–Crippen LogP) is 9.33. The van der Waals surface area contributed by atoms with Crippen LogP contribution >= 0.6 is 0 Å². The Kier molecular flexibility index (Phi) is 26.8. The van der Waals surface area contributed by atoms with Gasteiger partial charge in [-0.2, -0.15) is 15.8 Å². The molecule has 1 atom stereocenters. The Hall–Kier alpha value is -1.62. The van der Waals surface area contributed by atoms with Crippen LogP contribution in [0, 0.1) is 34.0 Å². The first-order valence-electron chi connectivity index (χ1n) is 16.2. The molecular formula is C32H58N4O2S. The van der Waals surface area contributed by atoms with Crippen LogP contribution in [0.5, 0.6) is 0 Å². The Balaban J connectivity index is 4.59. The number of sulfonamides is 1. The van der Waals surface area contributed by atoms with Gasteiger partial charge in [-0.3, -0.25) is 0 Å². The van der Waals surface area contributed by atoms with E-state index in [0.29, 0.717) is 32.4 Å². The van der Waals surface area contributed by atoms with Crippen molar-refractivity contribution in [1.82, 2.24) is 4.31 Å². The molecule has 0 aliphatic carbocycles. The van der Waals surface area contributed by atoms with Crippen LogP contribution in [0.25, 0.3) is 0 Å². The Morgan fingerprint density at radius 1 is 0.538 bits per heavy atom. The first-order chi connectivity index (χ1) is 19.0. The molecule has 6 nitrogen and oxygen atoms in total. The summed E-state index contributed by atoms with van der Waals surface area (Å²) in [6, 6.07) is 6.52. The minimum Gasteiger partial charge on any atom is -0.211 e. The lowest BCUT2D eigenvalue weighted by atomic mass is 10.1. The maximum Gasteiger partial charge on any atom is 0.230 e. The maximum absolute atomic E-state index is 13.5. The predicted molar refractivity (Wildman–Crippen MR) is 162 cm³/mol. The topological polar surface area (TPSA) is 109 Å². The number of nitriles is 3. The van der Waals surface area contributed by atoms with Gasteiger partial charge in [0.05, 0.1) is 18.2 Å². The molecule has 7 heteroatoms.